The molecular weight excluding hydrogens is 272 g/mol. The number of piperazine rings is 1. The normalized spacial score (nSPS) is 26.9. The van der Waals surface area contributed by atoms with E-state index in [9.17, 15) is 0 Å². The van der Waals surface area contributed by atoms with Gasteiger partial charge in [0.25, 0.3) is 0 Å². The zero-order valence-corrected chi connectivity index (χ0v) is 14.0. The Labute approximate surface area is 134 Å². The van der Waals surface area contributed by atoms with Crippen LogP contribution in [0.1, 0.15) is 38.4 Å². The van der Waals surface area contributed by atoms with Crippen molar-refractivity contribution in [2.45, 2.75) is 38.8 Å². The average Bonchev–Trinajstić information content (AvgIpc) is 2.56. The quantitative estimate of drug-likeness (QED) is 0.923. The fraction of sp³-hybridized carbons (Fsp3) is 0.722. The number of nitrogens with one attached hydrogen (secondary N) is 1. The van der Waals surface area contributed by atoms with Gasteiger partial charge in [-0.15, -0.1) is 0 Å². The summed E-state index contributed by atoms with van der Waals surface area (Å²) < 4.78 is 0. The minimum Gasteiger partial charge on any atom is -0.314 e. The van der Waals surface area contributed by atoms with E-state index in [2.05, 4.69) is 46.1 Å². The third-order valence-electron chi connectivity index (χ3n) is 5.29. The summed E-state index contributed by atoms with van der Waals surface area (Å²) in [5.41, 5.74) is 1.23. The highest BCUT2D eigenvalue weighted by Gasteiger charge is 2.30. The van der Waals surface area contributed by atoms with E-state index in [1.54, 1.807) is 0 Å². The van der Waals surface area contributed by atoms with Crippen molar-refractivity contribution in [3.05, 3.63) is 30.1 Å². The second-order valence-corrected chi connectivity index (χ2v) is 7.04. The lowest BCUT2D eigenvalue weighted by Crippen LogP contribution is -2.53. The van der Waals surface area contributed by atoms with Gasteiger partial charge in [0, 0.05) is 38.4 Å². The lowest BCUT2D eigenvalue weighted by Gasteiger charge is -2.42. The number of pyridine rings is 1. The van der Waals surface area contributed by atoms with Gasteiger partial charge in [0.2, 0.25) is 0 Å². The van der Waals surface area contributed by atoms with Crippen LogP contribution in [-0.2, 0) is 0 Å². The number of hydrogen-bond acceptors (Lipinski definition) is 4. The van der Waals surface area contributed by atoms with Crippen molar-refractivity contribution in [2.75, 3.05) is 39.3 Å². The number of likely N-dealkylation sites (tertiary alicyclic amines) is 1. The largest absolute Gasteiger partial charge is 0.314 e. The third-order valence-corrected chi connectivity index (χ3v) is 5.29. The molecular formula is C18H30N4. The molecule has 1 aromatic rings. The predicted octanol–water partition coefficient (Wildman–Crippen LogP) is 2.15. The molecule has 0 bridgehead atoms. The molecule has 0 radical (unpaired) electrons. The summed E-state index contributed by atoms with van der Waals surface area (Å²) in [5.74, 6) is 0.891. The molecule has 0 aliphatic carbocycles. The van der Waals surface area contributed by atoms with Crippen LogP contribution in [0, 0.1) is 5.92 Å². The van der Waals surface area contributed by atoms with E-state index in [4.69, 9.17) is 0 Å². The van der Waals surface area contributed by atoms with Crippen LogP contribution in [0.2, 0.25) is 0 Å². The predicted molar refractivity (Wildman–Crippen MR) is 90.9 cm³/mol. The molecule has 22 heavy (non-hydrogen) atoms. The molecule has 3 heterocycles. The van der Waals surface area contributed by atoms with Gasteiger partial charge in [0.15, 0.2) is 0 Å². The topological polar surface area (TPSA) is 31.4 Å². The summed E-state index contributed by atoms with van der Waals surface area (Å²) in [7, 11) is 0. The molecule has 2 aliphatic rings. The Kier molecular flexibility index (Phi) is 5.45. The highest BCUT2D eigenvalue weighted by atomic mass is 15.3. The number of hydrogen-bond donors (Lipinski definition) is 1. The second-order valence-electron chi connectivity index (χ2n) is 7.04. The molecule has 1 aromatic heterocycles. The van der Waals surface area contributed by atoms with Crippen molar-refractivity contribution in [3.63, 3.8) is 0 Å². The number of piperidine rings is 1. The average molecular weight is 302 g/mol. The number of aromatic nitrogens is 1. The Morgan fingerprint density at radius 1 is 1.23 bits per heavy atom. The van der Waals surface area contributed by atoms with Crippen molar-refractivity contribution in [1.82, 2.24) is 20.1 Å². The molecule has 2 unspecified atom stereocenters. The van der Waals surface area contributed by atoms with Crippen LogP contribution in [-0.4, -0.2) is 60.1 Å². The molecule has 0 amide bonds. The summed E-state index contributed by atoms with van der Waals surface area (Å²) in [6, 6.07) is 7.34. The van der Waals surface area contributed by atoms with Gasteiger partial charge in [-0.25, -0.2) is 0 Å². The maximum absolute atomic E-state index is 4.68. The third kappa shape index (κ3) is 3.86. The van der Waals surface area contributed by atoms with E-state index in [1.165, 1.54) is 31.6 Å². The Morgan fingerprint density at radius 2 is 2.05 bits per heavy atom. The van der Waals surface area contributed by atoms with E-state index in [0.29, 0.717) is 12.1 Å². The van der Waals surface area contributed by atoms with Gasteiger partial charge in [-0.2, -0.15) is 0 Å². The van der Waals surface area contributed by atoms with Crippen LogP contribution in [0.25, 0.3) is 0 Å². The Bertz CT molecular complexity index is 442. The van der Waals surface area contributed by atoms with Crippen molar-refractivity contribution in [1.29, 1.82) is 0 Å². The molecule has 4 heteroatoms. The summed E-state index contributed by atoms with van der Waals surface area (Å²) in [4.78, 5) is 9.98. The zero-order chi connectivity index (χ0) is 15.4. The molecule has 2 fully saturated rings. The minimum absolute atomic E-state index is 0.423. The van der Waals surface area contributed by atoms with Gasteiger partial charge in [-0.1, -0.05) is 13.0 Å². The van der Waals surface area contributed by atoms with E-state index in [0.717, 1.165) is 32.1 Å². The van der Waals surface area contributed by atoms with Crippen molar-refractivity contribution in [2.24, 2.45) is 5.92 Å². The second kappa shape index (κ2) is 7.53. The summed E-state index contributed by atoms with van der Waals surface area (Å²) in [5, 5.41) is 3.50. The standard InChI is InChI=1S/C18H30N4/c1-15-6-10-21(11-7-15)14-18(17-5-3-4-8-20-17)22-12-9-19-13-16(22)2/h3-5,8,15-16,18-19H,6-7,9-14H2,1-2H3. The van der Waals surface area contributed by atoms with Crippen LogP contribution in [0.5, 0.6) is 0 Å². The van der Waals surface area contributed by atoms with Gasteiger partial charge < -0.3 is 10.2 Å². The number of rotatable bonds is 4. The van der Waals surface area contributed by atoms with Crippen LogP contribution >= 0.6 is 0 Å². The summed E-state index contributed by atoms with van der Waals surface area (Å²) in [6.07, 6.45) is 4.62. The van der Waals surface area contributed by atoms with E-state index in [-0.39, 0.29) is 0 Å². The summed E-state index contributed by atoms with van der Waals surface area (Å²) >= 11 is 0. The Balaban J connectivity index is 1.74. The van der Waals surface area contributed by atoms with Crippen LogP contribution < -0.4 is 5.32 Å². The molecule has 4 nitrogen and oxygen atoms in total. The molecule has 1 N–H and O–H groups in total. The van der Waals surface area contributed by atoms with Gasteiger partial charge in [0.05, 0.1) is 11.7 Å². The van der Waals surface area contributed by atoms with Gasteiger partial charge in [-0.3, -0.25) is 9.88 Å². The molecule has 122 valence electrons. The minimum atomic E-state index is 0.423. The van der Waals surface area contributed by atoms with Gasteiger partial charge in [-0.05, 0) is 50.9 Å². The molecule has 3 rings (SSSR count). The van der Waals surface area contributed by atoms with Gasteiger partial charge in [0.1, 0.15) is 0 Å². The molecule has 0 saturated carbocycles. The first-order valence-electron chi connectivity index (χ1n) is 8.84. The van der Waals surface area contributed by atoms with E-state index < -0.39 is 0 Å². The maximum Gasteiger partial charge on any atom is 0.0652 e. The fourth-order valence-corrected chi connectivity index (χ4v) is 3.75. The smallest absolute Gasteiger partial charge is 0.0652 e. The van der Waals surface area contributed by atoms with Gasteiger partial charge >= 0.3 is 0 Å². The summed E-state index contributed by atoms with van der Waals surface area (Å²) in [6.45, 7) is 11.6. The van der Waals surface area contributed by atoms with Crippen LogP contribution in [0.4, 0.5) is 0 Å². The number of nitrogens with zero attached hydrogens (tertiary/aromatic N) is 3. The highest BCUT2D eigenvalue weighted by molar-refractivity contribution is 5.11. The first-order valence-corrected chi connectivity index (χ1v) is 8.84. The molecule has 2 aliphatic heterocycles. The zero-order valence-electron chi connectivity index (χ0n) is 14.0. The van der Waals surface area contributed by atoms with Crippen LogP contribution in [0.15, 0.2) is 24.4 Å². The first-order chi connectivity index (χ1) is 10.7. The first kappa shape index (κ1) is 15.9. The van der Waals surface area contributed by atoms with Crippen molar-refractivity contribution >= 4 is 0 Å². The van der Waals surface area contributed by atoms with E-state index >= 15 is 0 Å². The molecule has 2 atom stereocenters. The highest BCUT2D eigenvalue weighted by Crippen LogP contribution is 2.26. The van der Waals surface area contributed by atoms with Crippen molar-refractivity contribution < 1.29 is 0 Å². The maximum atomic E-state index is 4.68. The molecule has 2 saturated heterocycles. The lowest BCUT2D eigenvalue weighted by atomic mass is 9.98. The lowest BCUT2D eigenvalue weighted by molar-refractivity contribution is 0.0705. The Morgan fingerprint density at radius 3 is 2.73 bits per heavy atom. The molecule has 0 aromatic carbocycles. The van der Waals surface area contributed by atoms with Crippen LogP contribution in [0.3, 0.4) is 0 Å². The molecule has 0 spiro atoms. The monoisotopic (exact) mass is 302 g/mol. The van der Waals surface area contributed by atoms with Crippen molar-refractivity contribution in [3.8, 4) is 0 Å². The SMILES string of the molecule is CC1CCN(CC(c2ccccn2)N2CCNCC2C)CC1. The fourth-order valence-electron chi connectivity index (χ4n) is 3.75. The van der Waals surface area contributed by atoms with E-state index in [1.807, 2.05) is 12.3 Å². The Hall–Kier alpha value is -0.970.